The van der Waals surface area contributed by atoms with Gasteiger partial charge < -0.3 is 20.5 Å². The molecule has 2 unspecified atom stereocenters. The van der Waals surface area contributed by atoms with Gasteiger partial charge in [0.25, 0.3) is 0 Å². The predicted octanol–water partition coefficient (Wildman–Crippen LogP) is 4.32. The molecule has 1 saturated heterocycles. The van der Waals surface area contributed by atoms with Crippen LogP contribution in [0.15, 0.2) is 72.2 Å². The van der Waals surface area contributed by atoms with E-state index >= 15 is 0 Å². The third-order valence-corrected chi connectivity index (χ3v) is 7.98. The maximum absolute atomic E-state index is 12.4. The van der Waals surface area contributed by atoms with Gasteiger partial charge in [-0.25, -0.2) is 0 Å². The number of allylic oxidation sites excluding steroid dienone is 3. The van der Waals surface area contributed by atoms with Crippen LogP contribution in [0.2, 0.25) is 5.02 Å². The minimum Gasteiger partial charge on any atom is -0.487 e. The molecule has 0 bridgehead atoms. The van der Waals surface area contributed by atoms with Crippen LogP contribution in [0.5, 0.6) is 0 Å². The minimum atomic E-state index is -0.836. The van der Waals surface area contributed by atoms with Crippen LogP contribution in [-0.4, -0.2) is 58.7 Å². The Morgan fingerprint density at radius 2 is 2.05 bits per heavy atom. The molecule has 1 aromatic carbocycles. The van der Waals surface area contributed by atoms with E-state index in [1.165, 1.54) is 0 Å². The summed E-state index contributed by atoms with van der Waals surface area (Å²) in [6, 6.07) is 11.2. The Labute approximate surface area is 229 Å². The van der Waals surface area contributed by atoms with Gasteiger partial charge >= 0.3 is 0 Å². The van der Waals surface area contributed by atoms with Crippen molar-refractivity contribution in [2.45, 2.75) is 44.9 Å². The smallest absolute Gasteiger partial charge is 0.241 e. The number of rotatable bonds is 6. The molecule has 1 aliphatic carbocycles. The molecule has 0 radical (unpaired) electrons. The fourth-order valence-corrected chi connectivity index (χ4v) is 5.64. The van der Waals surface area contributed by atoms with E-state index in [-0.39, 0.29) is 11.8 Å². The zero-order valence-corrected chi connectivity index (χ0v) is 22.7. The van der Waals surface area contributed by atoms with Crippen molar-refractivity contribution in [1.82, 2.24) is 9.88 Å². The molecule has 38 heavy (non-hydrogen) atoms. The van der Waals surface area contributed by atoms with Gasteiger partial charge in [0, 0.05) is 60.1 Å². The average Bonchev–Trinajstić information content (AvgIpc) is 3.05. The number of pyridine rings is 1. The Hall–Kier alpha value is -3.13. The van der Waals surface area contributed by atoms with Gasteiger partial charge in [-0.15, -0.1) is 0 Å². The van der Waals surface area contributed by atoms with Crippen LogP contribution < -0.4 is 10.6 Å². The molecule has 2 aromatic rings. The second kappa shape index (κ2) is 10.9. The summed E-state index contributed by atoms with van der Waals surface area (Å²) in [5.74, 6) is 0.509. The number of aromatic nitrogens is 1. The largest absolute Gasteiger partial charge is 0.487 e. The van der Waals surface area contributed by atoms with Crippen LogP contribution in [0.3, 0.4) is 0 Å². The van der Waals surface area contributed by atoms with E-state index in [0.29, 0.717) is 31.1 Å². The van der Waals surface area contributed by atoms with Gasteiger partial charge in [-0.05, 0) is 68.7 Å². The van der Waals surface area contributed by atoms with E-state index in [1.54, 1.807) is 6.20 Å². The molecular formula is C30H35ClN4O3. The number of nitrogens with two attached hydrogens (primary N) is 1. The van der Waals surface area contributed by atoms with E-state index < -0.39 is 11.6 Å². The second-order valence-corrected chi connectivity index (χ2v) is 11.2. The molecule has 200 valence electrons. The summed E-state index contributed by atoms with van der Waals surface area (Å²) in [6.45, 7) is 7.02. The van der Waals surface area contributed by atoms with Gasteiger partial charge in [0.1, 0.15) is 18.4 Å². The third kappa shape index (κ3) is 5.65. The summed E-state index contributed by atoms with van der Waals surface area (Å²) < 4.78 is 6.15. The molecular weight excluding hydrogens is 500 g/mol. The summed E-state index contributed by atoms with van der Waals surface area (Å²) in [6.07, 6.45) is 9.58. The zero-order chi connectivity index (χ0) is 26.9. The second-order valence-electron chi connectivity index (χ2n) is 10.7. The highest BCUT2D eigenvalue weighted by Crippen LogP contribution is 2.41. The highest BCUT2D eigenvalue weighted by atomic mass is 35.5. The van der Waals surface area contributed by atoms with Crippen molar-refractivity contribution in [2.24, 2.45) is 11.7 Å². The van der Waals surface area contributed by atoms with E-state index in [0.717, 1.165) is 53.4 Å². The number of benzene rings is 1. The number of carbonyl (C=O) groups is 1. The summed E-state index contributed by atoms with van der Waals surface area (Å²) >= 11 is 6.05. The number of fused-ring (bicyclic) bond motifs is 1. The monoisotopic (exact) mass is 534 g/mol. The molecule has 1 amide bonds. The first-order chi connectivity index (χ1) is 18.2. The standard InChI is InChI=1S/C30H35ClN4O3/c1-30(2,37)20-7-12-28-25(17-20)23(24-5-3-13-33-26(24)19-38-28)6-4-14-34-15-16-35(27(18-34)29(32)36)22-10-8-21(31)9-11-22/h3,5-13,20,27,37H,4,14-19H2,1-2H3,(H2,32,36)/b23-6+. The van der Waals surface area contributed by atoms with E-state index in [2.05, 4.69) is 26.9 Å². The van der Waals surface area contributed by atoms with E-state index in [4.69, 9.17) is 22.1 Å². The van der Waals surface area contributed by atoms with Crippen molar-refractivity contribution in [3.05, 3.63) is 88.4 Å². The van der Waals surface area contributed by atoms with Crippen molar-refractivity contribution >= 4 is 28.8 Å². The highest BCUT2D eigenvalue weighted by Gasteiger charge is 2.33. The van der Waals surface area contributed by atoms with Gasteiger partial charge in [0.15, 0.2) is 0 Å². The number of nitrogens with zero attached hydrogens (tertiary/aromatic N) is 3. The number of ether oxygens (including phenoxy) is 1. The summed E-state index contributed by atoms with van der Waals surface area (Å²) in [7, 11) is 0. The lowest BCUT2D eigenvalue weighted by atomic mass is 9.78. The van der Waals surface area contributed by atoms with Crippen molar-refractivity contribution in [3.8, 4) is 0 Å². The van der Waals surface area contributed by atoms with Gasteiger partial charge in [0.05, 0.1) is 11.3 Å². The van der Waals surface area contributed by atoms with Crippen LogP contribution in [0.25, 0.3) is 5.57 Å². The van der Waals surface area contributed by atoms with Gasteiger partial charge in [-0.2, -0.15) is 0 Å². The van der Waals surface area contributed by atoms with Gasteiger partial charge in [-0.1, -0.05) is 29.8 Å². The average molecular weight is 535 g/mol. The maximum atomic E-state index is 12.4. The van der Waals surface area contributed by atoms with Gasteiger partial charge in [-0.3, -0.25) is 14.7 Å². The van der Waals surface area contributed by atoms with Crippen LogP contribution in [-0.2, 0) is 16.1 Å². The van der Waals surface area contributed by atoms with Crippen LogP contribution >= 0.6 is 11.6 Å². The number of carbonyl (C=O) groups excluding carboxylic acids is 1. The third-order valence-electron chi connectivity index (χ3n) is 7.72. The summed E-state index contributed by atoms with van der Waals surface area (Å²) in [5, 5.41) is 11.4. The lowest BCUT2D eigenvalue weighted by Gasteiger charge is -2.41. The Morgan fingerprint density at radius 1 is 1.26 bits per heavy atom. The minimum absolute atomic E-state index is 0.0104. The lowest BCUT2D eigenvalue weighted by molar-refractivity contribution is -0.120. The zero-order valence-electron chi connectivity index (χ0n) is 21.9. The fourth-order valence-electron chi connectivity index (χ4n) is 5.52. The topological polar surface area (TPSA) is 91.9 Å². The Bertz CT molecular complexity index is 1280. The normalized spacial score (nSPS) is 23.1. The molecule has 3 aliphatic rings. The first-order valence-corrected chi connectivity index (χ1v) is 13.5. The SMILES string of the molecule is CC(C)(O)C1C=CC2=C(C1)/C(=C/CCN1CCN(c3ccc(Cl)cc3)C(C(N)=O)C1)c1cccnc1CO2. The number of aliphatic hydroxyl groups is 1. The molecule has 3 N–H and O–H groups in total. The van der Waals surface area contributed by atoms with Crippen LogP contribution in [0.4, 0.5) is 5.69 Å². The van der Waals surface area contributed by atoms with Crippen LogP contribution in [0, 0.1) is 5.92 Å². The van der Waals surface area contributed by atoms with E-state index in [9.17, 15) is 9.90 Å². The Kier molecular flexibility index (Phi) is 7.61. The Morgan fingerprint density at radius 3 is 2.79 bits per heavy atom. The Balaban J connectivity index is 1.35. The molecule has 2 aliphatic heterocycles. The molecule has 0 saturated carbocycles. The highest BCUT2D eigenvalue weighted by molar-refractivity contribution is 6.30. The van der Waals surface area contributed by atoms with Crippen LogP contribution in [0.1, 0.15) is 37.9 Å². The number of piperazine rings is 1. The number of halogens is 1. The molecule has 8 heteroatoms. The molecule has 3 heterocycles. The van der Waals surface area contributed by atoms with Gasteiger partial charge in [0.2, 0.25) is 5.91 Å². The van der Waals surface area contributed by atoms with Crippen molar-refractivity contribution in [1.29, 1.82) is 0 Å². The summed E-state index contributed by atoms with van der Waals surface area (Å²) in [4.78, 5) is 21.3. The summed E-state index contributed by atoms with van der Waals surface area (Å²) in [5.41, 5.74) is 10.1. The first kappa shape index (κ1) is 26.5. The van der Waals surface area contributed by atoms with E-state index in [1.807, 2.05) is 56.3 Å². The molecule has 2 atom stereocenters. The number of amides is 1. The molecule has 5 rings (SSSR count). The first-order valence-electron chi connectivity index (χ1n) is 13.2. The maximum Gasteiger partial charge on any atom is 0.241 e. The van der Waals surface area contributed by atoms with Crippen molar-refractivity contribution < 1.29 is 14.6 Å². The van der Waals surface area contributed by atoms with Crippen molar-refractivity contribution in [3.63, 3.8) is 0 Å². The lowest BCUT2D eigenvalue weighted by Crippen LogP contribution is -2.58. The molecule has 7 nitrogen and oxygen atoms in total. The number of hydrogen-bond acceptors (Lipinski definition) is 6. The molecule has 1 aromatic heterocycles. The fraction of sp³-hybridized carbons (Fsp3) is 0.400. The number of anilines is 1. The predicted molar refractivity (Wildman–Crippen MR) is 150 cm³/mol. The number of hydrogen-bond donors (Lipinski definition) is 2. The quantitative estimate of drug-likeness (QED) is 0.573. The molecule has 1 fully saturated rings. The van der Waals surface area contributed by atoms with Crippen molar-refractivity contribution in [2.75, 3.05) is 31.1 Å². The molecule has 0 spiro atoms. The number of primary amides is 1.